The number of nitrogens with one attached hydrogen (secondary N) is 1. The molecular formula is C25H21ClN2O3S. The lowest BCUT2D eigenvalue weighted by Gasteiger charge is -2.08. The van der Waals surface area contributed by atoms with Gasteiger partial charge in [0.2, 0.25) is 0 Å². The van der Waals surface area contributed by atoms with Gasteiger partial charge in [0, 0.05) is 10.7 Å². The van der Waals surface area contributed by atoms with Crippen LogP contribution in [0.5, 0.6) is 11.5 Å². The van der Waals surface area contributed by atoms with E-state index < -0.39 is 0 Å². The Balaban J connectivity index is 1.32. The third-order valence-corrected chi connectivity index (χ3v) is 5.97. The summed E-state index contributed by atoms with van der Waals surface area (Å²) in [5.74, 6) is 1.29. The predicted octanol–water partition coefficient (Wildman–Crippen LogP) is 6.52. The van der Waals surface area contributed by atoms with E-state index in [1.807, 2.05) is 85.8 Å². The van der Waals surface area contributed by atoms with Crippen LogP contribution in [0.25, 0.3) is 0 Å². The lowest BCUT2D eigenvalue weighted by Crippen LogP contribution is -2.11. The van der Waals surface area contributed by atoms with Crippen LogP contribution < -0.4 is 14.8 Å². The Morgan fingerprint density at radius 2 is 1.56 bits per heavy atom. The number of para-hydroxylation sites is 1. The molecule has 5 nitrogen and oxygen atoms in total. The first-order chi connectivity index (χ1) is 15.6. The molecule has 0 bridgehead atoms. The van der Waals surface area contributed by atoms with Gasteiger partial charge in [0.25, 0.3) is 5.91 Å². The number of halogens is 1. The van der Waals surface area contributed by atoms with Gasteiger partial charge in [-0.15, -0.1) is 11.3 Å². The van der Waals surface area contributed by atoms with Gasteiger partial charge in [0.15, 0.2) is 0 Å². The monoisotopic (exact) mass is 464 g/mol. The van der Waals surface area contributed by atoms with Crippen molar-refractivity contribution in [2.75, 3.05) is 5.32 Å². The van der Waals surface area contributed by atoms with Crippen LogP contribution in [0.15, 0.2) is 78.9 Å². The van der Waals surface area contributed by atoms with Gasteiger partial charge in [0.1, 0.15) is 34.6 Å². The van der Waals surface area contributed by atoms with E-state index in [0.29, 0.717) is 40.2 Å². The van der Waals surface area contributed by atoms with E-state index in [2.05, 4.69) is 10.3 Å². The number of ether oxygens (including phenoxy) is 2. The Morgan fingerprint density at radius 3 is 2.28 bits per heavy atom. The fourth-order valence-corrected chi connectivity index (χ4v) is 3.96. The maximum Gasteiger partial charge on any atom is 0.267 e. The summed E-state index contributed by atoms with van der Waals surface area (Å²) < 4.78 is 11.5. The standard InChI is InChI=1S/C25H21ClN2O3S/c1-17-24(32-23(27-17)16-31-21-5-3-2-4-6-21)25(29)28-20-11-13-22(14-12-20)30-15-18-7-9-19(26)10-8-18/h2-14H,15-16H2,1H3,(H,28,29). The number of thiazole rings is 1. The van der Waals surface area contributed by atoms with Gasteiger partial charge in [-0.3, -0.25) is 4.79 Å². The second-order valence-electron chi connectivity index (χ2n) is 7.02. The summed E-state index contributed by atoms with van der Waals surface area (Å²) >= 11 is 7.23. The highest BCUT2D eigenvalue weighted by Crippen LogP contribution is 2.23. The average Bonchev–Trinajstić information content (AvgIpc) is 3.19. The fraction of sp³-hybridized carbons (Fsp3) is 0.120. The highest BCUT2D eigenvalue weighted by molar-refractivity contribution is 7.13. The van der Waals surface area contributed by atoms with E-state index in [0.717, 1.165) is 16.3 Å². The van der Waals surface area contributed by atoms with Gasteiger partial charge in [-0.1, -0.05) is 41.9 Å². The van der Waals surface area contributed by atoms with Crippen LogP contribution in [0, 0.1) is 6.92 Å². The summed E-state index contributed by atoms with van der Waals surface area (Å²) in [5, 5.41) is 4.36. The summed E-state index contributed by atoms with van der Waals surface area (Å²) in [5.41, 5.74) is 2.39. The average molecular weight is 465 g/mol. The number of hydrogen-bond donors (Lipinski definition) is 1. The number of carbonyl (C=O) groups is 1. The largest absolute Gasteiger partial charge is 0.489 e. The molecule has 0 spiro atoms. The highest BCUT2D eigenvalue weighted by atomic mass is 35.5. The molecule has 0 saturated carbocycles. The molecule has 0 aliphatic carbocycles. The zero-order chi connectivity index (χ0) is 22.3. The molecule has 0 fully saturated rings. The molecule has 0 aliphatic rings. The molecule has 7 heteroatoms. The quantitative estimate of drug-likeness (QED) is 0.322. The summed E-state index contributed by atoms with van der Waals surface area (Å²) in [6, 6.07) is 24.3. The normalized spacial score (nSPS) is 10.6. The van der Waals surface area contributed by atoms with Crippen LogP contribution in [0.4, 0.5) is 5.69 Å². The molecule has 1 N–H and O–H groups in total. The van der Waals surface area contributed by atoms with E-state index in [4.69, 9.17) is 21.1 Å². The molecule has 0 aliphatic heterocycles. The molecule has 1 amide bonds. The molecular weight excluding hydrogens is 444 g/mol. The van der Waals surface area contributed by atoms with Crippen molar-refractivity contribution in [1.82, 2.24) is 4.98 Å². The minimum atomic E-state index is -0.194. The number of aromatic nitrogens is 1. The maximum absolute atomic E-state index is 12.7. The molecule has 0 radical (unpaired) electrons. The molecule has 3 aromatic carbocycles. The van der Waals surface area contributed by atoms with Crippen LogP contribution >= 0.6 is 22.9 Å². The molecule has 1 heterocycles. The van der Waals surface area contributed by atoms with Gasteiger partial charge in [-0.25, -0.2) is 4.98 Å². The minimum Gasteiger partial charge on any atom is -0.489 e. The van der Waals surface area contributed by atoms with E-state index in [1.165, 1.54) is 11.3 Å². The molecule has 0 atom stereocenters. The SMILES string of the molecule is Cc1nc(COc2ccccc2)sc1C(=O)Nc1ccc(OCc2ccc(Cl)cc2)cc1. The zero-order valence-electron chi connectivity index (χ0n) is 17.4. The Kier molecular flexibility index (Phi) is 7.04. The fourth-order valence-electron chi connectivity index (χ4n) is 2.96. The van der Waals surface area contributed by atoms with Gasteiger partial charge in [0.05, 0.1) is 5.69 Å². The third-order valence-electron chi connectivity index (χ3n) is 4.58. The zero-order valence-corrected chi connectivity index (χ0v) is 19.0. The van der Waals surface area contributed by atoms with E-state index in [9.17, 15) is 4.79 Å². The van der Waals surface area contributed by atoms with Crippen molar-refractivity contribution < 1.29 is 14.3 Å². The van der Waals surface area contributed by atoms with Crippen molar-refractivity contribution >= 4 is 34.5 Å². The smallest absolute Gasteiger partial charge is 0.267 e. The van der Waals surface area contributed by atoms with Crippen LogP contribution in [0.1, 0.15) is 25.9 Å². The summed E-state index contributed by atoms with van der Waals surface area (Å²) in [6.07, 6.45) is 0. The maximum atomic E-state index is 12.7. The van der Waals surface area contributed by atoms with Crippen LogP contribution in [-0.2, 0) is 13.2 Å². The number of benzene rings is 3. The number of rotatable bonds is 8. The van der Waals surface area contributed by atoms with Gasteiger partial charge in [-0.2, -0.15) is 0 Å². The van der Waals surface area contributed by atoms with Gasteiger partial charge < -0.3 is 14.8 Å². The number of hydrogen-bond acceptors (Lipinski definition) is 5. The van der Waals surface area contributed by atoms with E-state index >= 15 is 0 Å². The van der Waals surface area contributed by atoms with Crippen molar-refractivity contribution in [3.8, 4) is 11.5 Å². The molecule has 32 heavy (non-hydrogen) atoms. The van der Waals surface area contributed by atoms with Crippen LogP contribution in [-0.4, -0.2) is 10.9 Å². The number of carbonyl (C=O) groups excluding carboxylic acids is 1. The molecule has 0 unspecified atom stereocenters. The van der Waals surface area contributed by atoms with Gasteiger partial charge in [-0.05, 0) is 61.0 Å². The lowest BCUT2D eigenvalue weighted by molar-refractivity contribution is 0.103. The van der Waals surface area contributed by atoms with Crippen molar-refractivity contribution in [2.45, 2.75) is 20.1 Å². The minimum absolute atomic E-state index is 0.194. The molecule has 162 valence electrons. The Hall–Kier alpha value is -3.35. The molecule has 0 saturated heterocycles. The first kappa shape index (κ1) is 21.9. The second-order valence-corrected chi connectivity index (χ2v) is 8.54. The molecule has 4 aromatic rings. The Bertz CT molecular complexity index is 1180. The summed E-state index contributed by atoms with van der Waals surface area (Å²) in [4.78, 5) is 17.8. The third kappa shape index (κ3) is 5.87. The predicted molar refractivity (Wildman–Crippen MR) is 128 cm³/mol. The Labute approximate surface area is 195 Å². The van der Waals surface area contributed by atoms with E-state index in [1.54, 1.807) is 0 Å². The van der Waals surface area contributed by atoms with Crippen molar-refractivity contribution in [3.05, 3.63) is 105 Å². The highest BCUT2D eigenvalue weighted by Gasteiger charge is 2.16. The second kappa shape index (κ2) is 10.3. The number of amides is 1. The number of nitrogens with zero attached hydrogens (tertiary/aromatic N) is 1. The summed E-state index contributed by atoms with van der Waals surface area (Å²) in [6.45, 7) is 2.59. The number of anilines is 1. The lowest BCUT2D eigenvalue weighted by atomic mass is 10.2. The van der Waals surface area contributed by atoms with E-state index in [-0.39, 0.29) is 5.91 Å². The first-order valence-electron chi connectivity index (χ1n) is 9.99. The topological polar surface area (TPSA) is 60.5 Å². The van der Waals surface area contributed by atoms with Crippen LogP contribution in [0.3, 0.4) is 0 Å². The van der Waals surface area contributed by atoms with Crippen LogP contribution in [0.2, 0.25) is 5.02 Å². The van der Waals surface area contributed by atoms with Crippen molar-refractivity contribution in [1.29, 1.82) is 0 Å². The summed E-state index contributed by atoms with van der Waals surface area (Å²) in [7, 11) is 0. The molecule has 4 rings (SSSR count). The van der Waals surface area contributed by atoms with Crippen molar-refractivity contribution in [2.24, 2.45) is 0 Å². The van der Waals surface area contributed by atoms with Gasteiger partial charge >= 0.3 is 0 Å². The van der Waals surface area contributed by atoms with Crippen molar-refractivity contribution in [3.63, 3.8) is 0 Å². The Morgan fingerprint density at radius 1 is 0.906 bits per heavy atom. The molecule has 1 aromatic heterocycles. The number of aryl methyl sites for hydroxylation is 1. The first-order valence-corrected chi connectivity index (χ1v) is 11.2.